The standard InChI is InChI=1S/C11H21NO3/c1-11(2,3)15-10(13)12(7-8-14-4)9-5-6-9/h9H,5-8H2,1-4H3. The van der Waals surface area contributed by atoms with Gasteiger partial charge in [-0.05, 0) is 33.6 Å². The van der Waals surface area contributed by atoms with Gasteiger partial charge in [-0.3, -0.25) is 0 Å². The van der Waals surface area contributed by atoms with E-state index >= 15 is 0 Å². The molecule has 0 spiro atoms. The molecule has 1 aliphatic carbocycles. The molecule has 0 unspecified atom stereocenters. The molecule has 0 aromatic heterocycles. The van der Waals surface area contributed by atoms with Gasteiger partial charge in [-0.2, -0.15) is 0 Å². The fourth-order valence-corrected chi connectivity index (χ4v) is 1.32. The SMILES string of the molecule is COCCN(C(=O)OC(C)(C)C)C1CC1. The van der Waals surface area contributed by atoms with Gasteiger partial charge >= 0.3 is 6.09 Å². The van der Waals surface area contributed by atoms with Crippen LogP contribution in [0, 0.1) is 0 Å². The number of carbonyl (C=O) groups is 1. The Hall–Kier alpha value is -0.770. The lowest BCUT2D eigenvalue weighted by Crippen LogP contribution is -2.40. The van der Waals surface area contributed by atoms with E-state index in [9.17, 15) is 4.79 Å². The van der Waals surface area contributed by atoms with Gasteiger partial charge in [0, 0.05) is 19.7 Å². The molecule has 0 heterocycles. The van der Waals surface area contributed by atoms with Crippen molar-refractivity contribution in [2.45, 2.75) is 45.3 Å². The summed E-state index contributed by atoms with van der Waals surface area (Å²) in [6.45, 7) is 6.83. The predicted octanol–water partition coefficient (Wildman–Crippen LogP) is 2.03. The topological polar surface area (TPSA) is 38.8 Å². The summed E-state index contributed by atoms with van der Waals surface area (Å²) >= 11 is 0. The molecule has 4 heteroatoms. The molecule has 1 rings (SSSR count). The molecule has 0 saturated heterocycles. The Bertz CT molecular complexity index is 218. The van der Waals surface area contributed by atoms with Gasteiger partial charge in [0.05, 0.1) is 6.61 Å². The molecule has 0 radical (unpaired) electrons. The second-order valence-corrected chi connectivity index (χ2v) is 4.90. The van der Waals surface area contributed by atoms with E-state index in [1.165, 1.54) is 0 Å². The van der Waals surface area contributed by atoms with E-state index in [0.717, 1.165) is 12.8 Å². The molecule has 0 atom stereocenters. The minimum Gasteiger partial charge on any atom is -0.444 e. The number of amides is 1. The van der Waals surface area contributed by atoms with Crippen LogP contribution in [-0.2, 0) is 9.47 Å². The molecular weight excluding hydrogens is 194 g/mol. The Labute approximate surface area is 91.5 Å². The maximum atomic E-state index is 11.8. The Balaban J connectivity index is 2.44. The third-order valence-electron chi connectivity index (χ3n) is 2.15. The zero-order valence-corrected chi connectivity index (χ0v) is 10.1. The third kappa shape index (κ3) is 4.51. The van der Waals surface area contributed by atoms with Crippen molar-refractivity contribution in [2.24, 2.45) is 0 Å². The zero-order chi connectivity index (χ0) is 11.5. The van der Waals surface area contributed by atoms with Gasteiger partial charge in [0.15, 0.2) is 0 Å². The van der Waals surface area contributed by atoms with E-state index < -0.39 is 5.60 Å². The van der Waals surface area contributed by atoms with Crippen LogP contribution in [0.15, 0.2) is 0 Å². The quantitative estimate of drug-likeness (QED) is 0.720. The summed E-state index contributed by atoms with van der Waals surface area (Å²) in [4.78, 5) is 13.6. The van der Waals surface area contributed by atoms with Crippen molar-refractivity contribution >= 4 is 6.09 Å². The van der Waals surface area contributed by atoms with Gasteiger partial charge < -0.3 is 14.4 Å². The molecule has 0 aliphatic heterocycles. The number of rotatable bonds is 4. The summed E-state index contributed by atoms with van der Waals surface area (Å²) in [6.07, 6.45) is 1.95. The molecule has 0 N–H and O–H groups in total. The number of hydrogen-bond acceptors (Lipinski definition) is 3. The van der Waals surface area contributed by atoms with Gasteiger partial charge in [-0.25, -0.2) is 4.79 Å². The largest absolute Gasteiger partial charge is 0.444 e. The van der Waals surface area contributed by atoms with E-state index in [0.29, 0.717) is 19.2 Å². The van der Waals surface area contributed by atoms with Crippen LogP contribution in [0.1, 0.15) is 33.6 Å². The minimum atomic E-state index is -0.419. The van der Waals surface area contributed by atoms with Crippen molar-refractivity contribution in [3.05, 3.63) is 0 Å². The lowest BCUT2D eigenvalue weighted by Gasteiger charge is -2.27. The average molecular weight is 215 g/mol. The first kappa shape index (κ1) is 12.3. The summed E-state index contributed by atoms with van der Waals surface area (Å²) in [6, 6.07) is 0.370. The van der Waals surface area contributed by atoms with Crippen LogP contribution in [0.25, 0.3) is 0 Å². The van der Waals surface area contributed by atoms with Crippen LogP contribution in [0.3, 0.4) is 0 Å². The van der Waals surface area contributed by atoms with Crippen molar-refractivity contribution in [1.29, 1.82) is 0 Å². The Kier molecular flexibility index (Phi) is 3.97. The number of nitrogens with zero attached hydrogens (tertiary/aromatic N) is 1. The summed E-state index contributed by atoms with van der Waals surface area (Å²) < 4.78 is 10.3. The molecule has 0 aromatic carbocycles. The number of carbonyl (C=O) groups excluding carboxylic acids is 1. The molecule has 0 aromatic rings. The van der Waals surface area contributed by atoms with Crippen LogP contribution in [-0.4, -0.2) is 42.9 Å². The second kappa shape index (κ2) is 4.84. The van der Waals surface area contributed by atoms with E-state index in [2.05, 4.69) is 0 Å². The molecule has 4 nitrogen and oxygen atoms in total. The monoisotopic (exact) mass is 215 g/mol. The second-order valence-electron chi connectivity index (χ2n) is 4.90. The molecule has 15 heavy (non-hydrogen) atoms. The summed E-state index contributed by atoms with van der Waals surface area (Å²) in [7, 11) is 1.64. The van der Waals surface area contributed by atoms with Crippen LogP contribution in [0.2, 0.25) is 0 Å². The molecule has 1 amide bonds. The van der Waals surface area contributed by atoms with Crippen molar-refractivity contribution < 1.29 is 14.3 Å². The normalized spacial score (nSPS) is 16.3. The highest BCUT2D eigenvalue weighted by Crippen LogP contribution is 2.28. The summed E-state index contributed by atoms with van der Waals surface area (Å²) in [5.74, 6) is 0. The Morgan fingerprint density at radius 1 is 1.40 bits per heavy atom. The Morgan fingerprint density at radius 3 is 2.40 bits per heavy atom. The first-order valence-electron chi connectivity index (χ1n) is 5.42. The van der Waals surface area contributed by atoms with Crippen LogP contribution in [0.4, 0.5) is 4.79 Å². The fraction of sp³-hybridized carbons (Fsp3) is 0.909. The van der Waals surface area contributed by atoms with Crippen molar-refractivity contribution in [3.63, 3.8) is 0 Å². The highest BCUT2D eigenvalue weighted by atomic mass is 16.6. The number of ether oxygens (including phenoxy) is 2. The first-order valence-corrected chi connectivity index (χ1v) is 5.42. The van der Waals surface area contributed by atoms with Crippen LogP contribution in [0.5, 0.6) is 0 Å². The van der Waals surface area contributed by atoms with Gasteiger partial charge in [0.25, 0.3) is 0 Å². The highest BCUT2D eigenvalue weighted by molar-refractivity contribution is 5.69. The molecule has 0 bridgehead atoms. The highest BCUT2D eigenvalue weighted by Gasteiger charge is 2.34. The summed E-state index contributed by atoms with van der Waals surface area (Å²) in [5, 5.41) is 0. The lowest BCUT2D eigenvalue weighted by atomic mass is 10.2. The van der Waals surface area contributed by atoms with Gasteiger partial charge in [-0.15, -0.1) is 0 Å². The fourth-order valence-electron chi connectivity index (χ4n) is 1.32. The van der Waals surface area contributed by atoms with E-state index in [4.69, 9.17) is 9.47 Å². The zero-order valence-electron chi connectivity index (χ0n) is 10.1. The molecule has 1 saturated carbocycles. The van der Waals surface area contributed by atoms with E-state index in [1.807, 2.05) is 20.8 Å². The predicted molar refractivity (Wildman–Crippen MR) is 57.8 cm³/mol. The minimum absolute atomic E-state index is 0.220. The van der Waals surface area contributed by atoms with Crippen molar-refractivity contribution in [2.75, 3.05) is 20.3 Å². The van der Waals surface area contributed by atoms with Gasteiger partial charge in [-0.1, -0.05) is 0 Å². The molecular formula is C11H21NO3. The smallest absolute Gasteiger partial charge is 0.410 e. The van der Waals surface area contributed by atoms with Gasteiger partial charge in [0.2, 0.25) is 0 Å². The average Bonchev–Trinajstić information content (AvgIpc) is 2.85. The van der Waals surface area contributed by atoms with E-state index in [-0.39, 0.29) is 6.09 Å². The van der Waals surface area contributed by atoms with Gasteiger partial charge in [0.1, 0.15) is 5.60 Å². The maximum Gasteiger partial charge on any atom is 0.410 e. The van der Waals surface area contributed by atoms with Crippen LogP contribution < -0.4 is 0 Å². The van der Waals surface area contributed by atoms with E-state index in [1.54, 1.807) is 12.0 Å². The van der Waals surface area contributed by atoms with Crippen molar-refractivity contribution in [3.8, 4) is 0 Å². The summed E-state index contributed by atoms with van der Waals surface area (Å²) in [5.41, 5.74) is -0.419. The van der Waals surface area contributed by atoms with Crippen molar-refractivity contribution in [1.82, 2.24) is 4.90 Å². The molecule has 1 fully saturated rings. The lowest BCUT2D eigenvalue weighted by molar-refractivity contribution is 0.0184. The Morgan fingerprint density at radius 2 is 2.00 bits per heavy atom. The molecule has 88 valence electrons. The third-order valence-corrected chi connectivity index (χ3v) is 2.15. The first-order chi connectivity index (χ1) is 6.94. The number of hydrogen-bond donors (Lipinski definition) is 0. The number of methoxy groups -OCH3 is 1. The molecule has 1 aliphatic rings. The maximum absolute atomic E-state index is 11.8. The van der Waals surface area contributed by atoms with Crippen LogP contribution >= 0.6 is 0 Å².